The van der Waals surface area contributed by atoms with Crippen molar-refractivity contribution in [2.45, 2.75) is 12.5 Å². The molecule has 172 valence electrons. The van der Waals surface area contributed by atoms with Crippen LogP contribution in [0.5, 0.6) is 17.2 Å². The van der Waals surface area contributed by atoms with E-state index >= 15 is 0 Å². The number of hydrogen-bond donors (Lipinski definition) is 1. The molecule has 3 aromatic carbocycles. The number of para-hydroxylation sites is 1. The van der Waals surface area contributed by atoms with Crippen LogP contribution in [0.2, 0.25) is 0 Å². The molecule has 34 heavy (non-hydrogen) atoms. The molecule has 0 spiro atoms. The number of benzene rings is 3. The summed E-state index contributed by atoms with van der Waals surface area (Å²) in [7, 11) is 3.13. The number of hydrogen-bond acceptors (Lipinski definition) is 6. The first kappa shape index (κ1) is 21.5. The van der Waals surface area contributed by atoms with Gasteiger partial charge in [0.05, 0.1) is 25.4 Å². The van der Waals surface area contributed by atoms with Crippen LogP contribution in [-0.2, 0) is 11.2 Å². The summed E-state index contributed by atoms with van der Waals surface area (Å²) in [5, 5.41) is 5.18. The second-order valence-electron chi connectivity index (χ2n) is 7.80. The van der Waals surface area contributed by atoms with Gasteiger partial charge in [-0.25, -0.2) is 4.39 Å². The number of carbonyl (C=O) groups is 1. The average Bonchev–Trinajstić information content (AvgIpc) is 3.23. The van der Waals surface area contributed by atoms with Gasteiger partial charge >= 0.3 is 0 Å². The predicted octanol–water partition coefficient (Wildman–Crippen LogP) is 4.75. The van der Waals surface area contributed by atoms with Crippen LogP contribution in [0.3, 0.4) is 0 Å². The highest BCUT2D eigenvalue weighted by Crippen LogP contribution is 2.38. The zero-order chi connectivity index (χ0) is 23.7. The Labute approximate surface area is 195 Å². The maximum atomic E-state index is 13.3. The van der Waals surface area contributed by atoms with E-state index in [0.717, 1.165) is 11.3 Å². The average molecular weight is 459 g/mol. The van der Waals surface area contributed by atoms with Crippen LogP contribution >= 0.6 is 0 Å². The van der Waals surface area contributed by atoms with Crippen LogP contribution in [0.1, 0.15) is 5.56 Å². The van der Waals surface area contributed by atoms with E-state index in [2.05, 4.69) is 10.3 Å². The third-order valence-corrected chi connectivity index (χ3v) is 5.74. The Hall–Kier alpha value is -4.33. The number of nitrogens with one attached hydrogen (secondary N) is 1. The molecular formula is C26H22FN3O4. The zero-order valence-electron chi connectivity index (χ0n) is 18.6. The number of nitrogens with zero attached hydrogens (tertiary/aromatic N) is 2. The summed E-state index contributed by atoms with van der Waals surface area (Å²) in [5.74, 6) is 0.985. The Balaban J connectivity index is 1.50. The highest BCUT2D eigenvalue weighted by atomic mass is 19.1. The molecule has 1 aromatic heterocycles. The molecule has 5 rings (SSSR count). The van der Waals surface area contributed by atoms with Gasteiger partial charge in [-0.15, -0.1) is 0 Å². The van der Waals surface area contributed by atoms with E-state index in [0.29, 0.717) is 40.3 Å². The minimum atomic E-state index is -0.634. The molecule has 0 radical (unpaired) electrons. The van der Waals surface area contributed by atoms with Crippen molar-refractivity contribution in [3.05, 3.63) is 84.3 Å². The Bertz CT molecular complexity index is 1360. The second-order valence-corrected chi connectivity index (χ2v) is 7.80. The lowest BCUT2D eigenvalue weighted by atomic mass is 10.1. The number of aromatic nitrogens is 1. The monoisotopic (exact) mass is 459 g/mol. The molecule has 0 saturated heterocycles. The Kier molecular flexibility index (Phi) is 5.63. The summed E-state index contributed by atoms with van der Waals surface area (Å²) in [6.45, 7) is 0. The number of amides is 1. The van der Waals surface area contributed by atoms with Gasteiger partial charge in [-0.3, -0.25) is 9.78 Å². The Morgan fingerprint density at radius 3 is 2.50 bits per heavy atom. The molecule has 1 aliphatic rings. The lowest BCUT2D eigenvalue weighted by Gasteiger charge is -2.27. The zero-order valence-corrected chi connectivity index (χ0v) is 18.6. The summed E-state index contributed by atoms with van der Waals surface area (Å²) >= 11 is 0. The summed E-state index contributed by atoms with van der Waals surface area (Å²) in [6, 6.07) is 18.0. The lowest BCUT2D eigenvalue weighted by Crippen LogP contribution is -2.44. The van der Waals surface area contributed by atoms with Gasteiger partial charge in [0, 0.05) is 35.8 Å². The van der Waals surface area contributed by atoms with Crippen molar-refractivity contribution >= 4 is 28.2 Å². The smallest absolute Gasteiger partial charge is 0.251 e. The van der Waals surface area contributed by atoms with Crippen molar-refractivity contribution in [1.82, 2.24) is 4.98 Å². The van der Waals surface area contributed by atoms with Crippen LogP contribution in [0.15, 0.2) is 72.9 Å². The number of halogens is 1. The molecule has 0 fully saturated rings. The van der Waals surface area contributed by atoms with Crippen molar-refractivity contribution in [1.29, 1.82) is 0 Å². The van der Waals surface area contributed by atoms with Crippen LogP contribution in [0.4, 0.5) is 15.8 Å². The van der Waals surface area contributed by atoms with Gasteiger partial charge in [-0.05, 0) is 42.0 Å². The third kappa shape index (κ3) is 3.94. The number of rotatable bonds is 6. The van der Waals surface area contributed by atoms with Gasteiger partial charge in [0.15, 0.2) is 17.2 Å². The predicted molar refractivity (Wildman–Crippen MR) is 127 cm³/mol. The number of carbonyl (C=O) groups excluding carboxylic acids is 1. The van der Waals surface area contributed by atoms with Crippen molar-refractivity contribution in [3.8, 4) is 17.2 Å². The van der Waals surface area contributed by atoms with Crippen LogP contribution in [0.25, 0.3) is 10.9 Å². The fraction of sp³-hybridized carbons (Fsp3) is 0.154. The second kappa shape index (κ2) is 8.90. The summed E-state index contributed by atoms with van der Waals surface area (Å²) in [6.07, 6.45) is 2.10. The minimum absolute atomic E-state index is 0.264. The molecule has 1 atom stereocenters. The van der Waals surface area contributed by atoms with E-state index in [9.17, 15) is 9.18 Å². The van der Waals surface area contributed by atoms with E-state index in [1.165, 1.54) is 24.3 Å². The molecule has 1 unspecified atom stereocenters. The number of methoxy groups -OCH3 is 2. The van der Waals surface area contributed by atoms with Gasteiger partial charge in [0.1, 0.15) is 11.9 Å². The van der Waals surface area contributed by atoms with Crippen LogP contribution < -0.4 is 24.7 Å². The van der Waals surface area contributed by atoms with Gasteiger partial charge in [0.25, 0.3) is 5.91 Å². The highest BCUT2D eigenvalue weighted by molar-refractivity contribution is 5.98. The molecule has 4 aromatic rings. The van der Waals surface area contributed by atoms with Crippen molar-refractivity contribution in [2.75, 3.05) is 24.6 Å². The fourth-order valence-corrected chi connectivity index (χ4v) is 4.06. The molecule has 1 aliphatic heterocycles. The quantitative estimate of drug-likeness (QED) is 0.449. The van der Waals surface area contributed by atoms with Crippen molar-refractivity contribution in [2.24, 2.45) is 0 Å². The molecule has 8 heteroatoms. The Morgan fingerprint density at radius 1 is 1.00 bits per heavy atom. The molecule has 2 heterocycles. The first-order chi connectivity index (χ1) is 16.6. The van der Waals surface area contributed by atoms with Gasteiger partial charge < -0.3 is 19.6 Å². The van der Waals surface area contributed by atoms with Crippen molar-refractivity contribution in [3.63, 3.8) is 0 Å². The SMILES string of the molecule is COc1cc2nccc(ON3c4ccccc4CC3C(=O)Nc3ccc(F)cc3)c2cc1OC. The Morgan fingerprint density at radius 2 is 1.74 bits per heavy atom. The van der Waals surface area contributed by atoms with Crippen LogP contribution in [0, 0.1) is 5.82 Å². The number of hydroxylamine groups is 1. The summed E-state index contributed by atoms with van der Waals surface area (Å²) in [4.78, 5) is 24.0. The van der Waals surface area contributed by atoms with E-state index in [1.54, 1.807) is 43.7 Å². The number of ether oxygens (including phenoxy) is 2. The molecule has 0 bridgehead atoms. The van der Waals surface area contributed by atoms with Gasteiger partial charge in [-0.2, -0.15) is 5.06 Å². The summed E-state index contributed by atoms with van der Waals surface area (Å²) in [5.41, 5.74) is 2.95. The highest BCUT2D eigenvalue weighted by Gasteiger charge is 2.37. The van der Waals surface area contributed by atoms with Crippen LogP contribution in [-0.4, -0.2) is 31.2 Å². The number of pyridine rings is 1. The summed E-state index contributed by atoms with van der Waals surface area (Å²) < 4.78 is 24.1. The van der Waals surface area contributed by atoms with Crippen molar-refractivity contribution < 1.29 is 23.5 Å². The third-order valence-electron chi connectivity index (χ3n) is 5.74. The molecule has 1 amide bonds. The van der Waals surface area contributed by atoms with Gasteiger partial charge in [-0.1, -0.05) is 18.2 Å². The van der Waals surface area contributed by atoms with E-state index in [4.69, 9.17) is 14.3 Å². The maximum absolute atomic E-state index is 13.3. The normalized spacial score (nSPS) is 14.6. The maximum Gasteiger partial charge on any atom is 0.251 e. The van der Waals surface area contributed by atoms with E-state index < -0.39 is 6.04 Å². The molecule has 0 aliphatic carbocycles. The fourth-order valence-electron chi connectivity index (χ4n) is 4.06. The van der Waals surface area contributed by atoms with Gasteiger partial charge in [0.2, 0.25) is 0 Å². The number of anilines is 2. The topological polar surface area (TPSA) is 72.9 Å². The lowest BCUT2D eigenvalue weighted by molar-refractivity contribution is -0.118. The molecule has 7 nitrogen and oxygen atoms in total. The standard InChI is InChI=1S/C26H22FN3O4/c1-32-24-14-19-20(15-25(24)33-2)28-12-11-23(19)34-30-21-6-4-3-5-16(21)13-22(30)26(31)29-18-9-7-17(27)8-10-18/h3-12,14-15,22H,13H2,1-2H3,(H,29,31). The number of fused-ring (bicyclic) bond motifs is 2. The molecule has 0 saturated carbocycles. The first-order valence-electron chi connectivity index (χ1n) is 10.7. The minimum Gasteiger partial charge on any atom is -0.493 e. The molecular weight excluding hydrogens is 437 g/mol. The largest absolute Gasteiger partial charge is 0.493 e. The van der Waals surface area contributed by atoms with E-state index in [1.807, 2.05) is 24.3 Å². The van der Waals surface area contributed by atoms with E-state index in [-0.39, 0.29) is 11.7 Å². The first-order valence-corrected chi connectivity index (χ1v) is 10.7. The molecule has 1 N–H and O–H groups in total.